The summed E-state index contributed by atoms with van der Waals surface area (Å²) in [5, 5.41) is 6.21. The maximum absolute atomic E-state index is 13.2. The van der Waals surface area contributed by atoms with Crippen molar-refractivity contribution in [1.29, 1.82) is 0 Å². The Kier molecular flexibility index (Phi) is 6.52. The molecule has 0 fully saturated rings. The third-order valence-corrected chi connectivity index (χ3v) is 4.72. The summed E-state index contributed by atoms with van der Waals surface area (Å²) in [6, 6.07) is 21.6. The third-order valence-electron chi connectivity index (χ3n) is 4.72. The Labute approximate surface area is 169 Å². The second-order valence-corrected chi connectivity index (χ2v) is 6.91. The van der Waals surface area contributed by atoms with E-state index in [9.17, 15) is 14.0 Å². The molecule has 2 N–H and O–H groups in total. The largest absolute Gasteiger partial charge is 0.324 e. The monoisotopic (exact) mass is 390 g/mol. The van der Waals surface area contributed by atoms with E-state index in [2.05, 4.69) is 10.6 Å². The van der Waals surface area contributed by atoms with Gasteiger partial charge in [-0.3, -0.25) is 14.9 Å². The Morgan fingerprint density at radius 2 is 1.55 bits per heavy atom. The SMILES string of the molecule is CC(=O)c1cccc(NC(=O)[C@@H](N[C@@H](C)c2ccc(F)cc2)c2ccccc2)c1. The van der Waals surface area contributed by atoms with E-state index in [4.69, 9.17) is 0 Å². The summed E-state index contributed by atoms with van der Waals surface area (Å²) in [4.78, 5) is 24.7. The molecule has 5 heteroatoms. The Bertz CT molecular complexity index is 987. The van der Waals surface area contributed by atoms with Gasteiger partial charge in [0.05, 0.1) is 0 Å². The summed E-state index contributed by atoms with van der Waals surface area (Å²) >= 11 is 0. The van der Waals surface area contributed by atoms with E-state index in [1.807, 2.05) is 37.3 Å². The van der Waals surface area contributed by atoms with Crippen LogP contribution in [-0.2, 0) is 4.79 Å². The van der Waals surface area contributed by atoms with Crippen LogP contribution in [0.3, 0.4) is 0 Å². The molecule has 0 aliphatic rings. The molecule has 0 spiro atoms. The van der Waals surface area contributed by atoms with Crippen LogP contribution >= 0.6 is 0 Å². The Hall–Kier alpha value is -3.31. The first-order valence-electron chi connectivity index (χ1n) is 9.42. The average molecular weight is 390 g/mol. The summed E-state index contributed by atoms with van der Waals surface area (Å²) in [6.45, 7) is 3.41. The number of halogens is 1. The summed E-state index contributed by atoms with van der Waals surface area (Å²) in [6.07, 6.45) is 0. The molecule has 4 nitrogen and oxygen atoms in total. The summed E-state index contributed by atoms with van der Waals surface area (Å²) in [7, 11) is 0. The van der Waals surface area contributed by atoms with Crippen LogP contribution in [0.1, 0.15) is 47.4 Å². The highest BCUT2D eigenvalue weighted by molar-refractivity contribution is 5.98. The normalized spacial score (nSPS) is 12.8. The van der Waals surface area contributed by atoms with Crippen molar-refractivity contribution in [2.75, 3.05) is 5.32 Å². The minimum absolute atomic E-state index is 0.0660. The lowest BCUT2D eigenvalue weighted by Gasteiger charge is -2.24. The van der Waals surface area contributed by atoms with Gasteiger partial charge in [-0.25, -0.2) is 4.39 Å². The molecule has 1 amide bonds. The number of amides is 1. The van der Waals surface area contributed by atoms with Crippen LogP contribution in [0.5, 0.6) is 0 Å². The van der Waals surface area contributed by atoms with E-state index in [0.29, 0.717) is 11.3 Å². The highest BCUT2D eigenvalue weighted by atomic mass is 19.1. The Morgan fingerprint density at radius 3 is 2.21 bits per heavy atom. The maximum atomic E-state index is 13.2. The second kappa shape index (κ2) is 9.26. The van der Waals surface area contributed by atoms with Gasteiger partial charge in [-0.1, -0.05) is 54.6 Å². The number of benzene rings is 3. The fourth-order valence-corrected chi connectivity index (χ4v) is 3.10. The molecule has 29 heavy (non-hydrogen) atoms. The van der Waals surface area contributed by atoms with Crippen molar-refractivity contribution in [2.45, 2.75) is 25.9 Å². The molecular weight excluding hydrogens is 367 g/mol. The summed E-state index contributed by atoms with van der Waals surface area (Å²) < 4.78 is 13.2. The molecule has 3 rings (SSSR count). The quantitative estimate of drug-likeness (QED) is 0.555. The molecule has 0 unspecified atom stereocenters. The van der Waals surface area contributed by atoms with Crippen molar-refractivity contribution < 1.29 is 14.0 Å². The number of hydrogen-bond acceptors (Lipinski definition) is 3. The molecule has 0 aliphatic heterocycles. The average Bonchev–Trinajstić information content (AvgIpc) is 2.73. The van der Waals surface area contributed by atoms with Crippen molar-refractivity contribution in [3.63, 3.8) is 0 Å². The van der Waals surface area contributed by atoms with Crippen LogP contribution in [0.2, 0.25) is 0 Å². The first kappa shape index (κ1) is 20.4. The highest BCUT2D eigenvalue weighted by Crippen LogP contribution is 2.22. The van der Waals surface area contributed by atoms with Crippen molar-refractivity contribution in [2.24, 2.45) is 0 Å². The van der Waals surface area contributed by atoms with Gasteiger partial charge in [-0.2, -0.15) is 0 Å². The Balaban J connectivity index is 1.83. The highest BCUT2D eigenvalue weighted by Gasteiger charge is 2.23. The third kappa shape index (κ3) is 5.36. The number of carbonyl (C=O) groups is 2. The van der Waals surface area contributed by atoms with Gasteiger partial charge in [0.1, 0.15) is 11.9 Å². The maximum Gasteiger partial charge on any atom is 0.246 e. The van der Waals surface area contributed by atoms with Crippen molar-refractivity contribution in [3.8, 4) is 0 Å². The van der Waals surface area contributed by atoms with Gasteiger partial charge in [-0.15, -0.1) is 0 Å². The van der Waals surface area contributed by atoms with Gasteiger partial charge in [0.15, 0.2) is 5.78 Å². The van der Waals surface area contributed by atoms with Crippen LogP contribution in [0, 0.1) is 5.82 Å². The minimum Gasteiger partial charge on any atom is -0.324 e. The van der Waals surface area contributed by atoms with Crippen molar-refractivity contribution >= 4 is 17.4 Å². The molecule has 0 saturated heterocycles. The second-order valence-electron chi connectivity index (χ2n) is 6.91. The van der Waals surface area contributed by atoms with Crippen molar-refractivity contribution in [1.82, 2.24) is 5.32 Å². The molecular formula is C24H23FN2O2. The van der Waals surface area contributed by atoms with Crippen LogP contribution < -0.4 is 10.6 Å². The van der Waals surface area contributed by atoms with E-state index >= 15 is 0 Å². The van der Waals surface area contributed by atoms with Gasteiger partial charge in [-0.05, 0) is 49.2 Å². The van der Waals surface area contributed by atoms with E-state index in [1.165, 1.54) is 19.1 Å². The van der Waals surface area contributed by atoms with Crippen LogP contribution in [-0.4, -0.2) is 11.7 Å². The van der Waals surface area contributed by atoms with Crippen LogP contribution in [0.4, 0.5) is 10.1 Å². The smallest absolute Gasteiger partial charge is 0.246 e. The first-order chi connectivity index (χ1) is 13.9. The number of nitrogens with one attached hydrogen (secondary N) is 2. The number of rotatable bonds is 7. The molecule has 0 aromatic heterocycles. The van der Waals surface area contributed by atoms with E-state index < -0.39 is 6.04 Å². The fraction of sp³-hybridized carbons (Fsp3) is 0.167. The fourth-order valence-electron chi connectivity index (χ4n) is 3.10. The standard InChI is InChI=1S/C24H23FN2O2/c1-16(18-11-13-21(25)14-12-18)26-23(19-7-4-3-5-8-19)24(29)27-22-10-6-9-20(15-22)17(2)28/h3-16,23,26H,1-2H3,(H,27,29)/t16-,23-/m0/s1. The molecule has 2 atom stereocenters. The molecule has 0 bridgehead atoms. The number of hydrogen-bond donors (Lipinski definition) is 2. The number of Topliss-reactive ketones (excluding diaryl/α,β-unsaturated/α-hetero) is 1. The predicted molar refractivity (Wildman–Crippen MR) is 112 cm³/mol. The van der Waals surface area contributed by atoms with Gasteiger partial charge in [0.25, 0.3) is 0 Å². The number of carbonyl (C=O) groups excluding carboxylic acids is 2. The molecule has 0 radical (unpaired) electrons. The molecule has 0 heterocycles. The van der Waals surface area contributed by atoms with Crippen molar-refractivity contribution in [3.05, 3.63) is 101 Å². The lowest BCUT2D eigenvalue weighted by Crippen LogP contribution is -2.34. The minimum atomic E-state index is -0.628. The van der Waals surface area contributed by atoms with Gasteiger partial charge in [0.2, 0.25) is 5.91 Å². The lowest BCUT2D eigenvalue weighted by molar-refractivity contribution is -0.118. The predicted octanol–water partition coefficient (Wildman–Crippen LogP) is 5.06. The number of anilines is 1. The zero-order valence-corrected chi connectivity index (χ0v) is 16.4. The van der Waals surface area contributed by atoms with Gasteiger partial charge < -0.3 is 5.32 Å². The van der Waals surface area contributed by atoms with E-state index in [1.54, 1.807) is 36.4 Å². The first-order valence-corrected chi connectivity index (χ1v) is 9.42. The number of ketones is 1. The zero-order chi connectivity index (χ0) is 20.8. The van der Waals surface area contributed by atoms with Gasteiger partial charge in [0, 0.05) is 17.3 Å². The molecule has 3 aromatic rings. The summed E-state index contributed by atoms with van der Waals surface area (Å²) in [5.74, 6) is -0.613. The van der Waals surface area contributed by atoms with Gasteiger partial charge >= 0.3 is 0 Å². The zero-order valence-electron chi connectivity index (χ0n) is 16.4. The lowest BCUT2D eigenvalue weighted by atomic mass is 10.0. The van der Waals surface area contributed by atoms with Crippen LogP contribution in [0.25, 0.3) is 0 Å². The molecule has 148 valence electrons. The van der Waals surface area contributed by atoms with E-state index in [0.717, 1.165) is 11.1 Å². The molecule has 0 saturated carbocycles. The Morgan fingerprint density at radius 1 is 0.862 bits per heavy atom. The summed E-state index contributed by atoms with van der Waals surface area (Å²) in [5.41, 5.74) is 2.77. The topological polar surface area (TPSA) is 58.2 Å². The molecule has 0 aliphatic carbocycles. The van der Waals surface area contributed by atoms with E-state index in [-0.39, 0.29) is 23.5 Å². The van der Waals surface area contributed by atoms with Crippen LogP contribution in [0.15, 0.2) is 78.9 Å². The molecule has 3 aromatic carbocycles.